The summed E-state index contributed by atoms with van der Waals surface area (Å²) < 4.78 is 0. The number of aromatic nitrogens is 4. The molecule has 1 aliphatic heterocycles. The van der Waals surface area contributed by atoms with Crippen LogP contribution < -0.4 is 14.7 Å². The molecule has 0 aliphatic carbocycles. The molecular formula is C19H29N7. The molecule has 1 aliphatic rings. The summed E-state index contributed by atoms with van der Waals surface area (Å²) in [4.78, 5) is 25.0. The van der Waals surface area contributed by atoms with Gasteiger partial charge in [0.15, 0.2) is 0 Å². The average molecular weight is 355 g/mol. The minimum absolute atomic E-state index is 0.809. The summed E-state index contributed by atoms with van der Waals surface area (Å²) >= 11 is 0. The number of piperazine rings is 1. The molecule has 1 fully saturated rings. The predicted octanol–water partition coefficient (Wildman–Crippen LogP) is 2.53. The molecule has 2 aromatic rings. The Morgan fingerprint density at radius 1 is 0.923 bits per heavy atom. The first-order valence-corrected chi connectivity index (χ1v) is 9.58. The van der Waals surface area contributed by atoms with Gasteiger partial charge in [-0.25, -0.2) is 19.9 Å². The molecule has 3 heterocycles. The highest BCUT2D eigenvalue weighted by Gasteiger charge is 2.21. The van der Waals surface area contributed by atoms with Crippen LogP contribution in [0.4, 0.5) is 17.6 Å². The smallest absolute Gasteiger partial charge is 0.225 e. The van der Waals surface area contributed by atoms with Gasteiger partial charge in [-0.05, 0) is 25.8 Å². The van der Waals surface area contributed by atoms with Crippen LogP contribution in [-0.2, 0) is 0 Å². The molecular weight excluding hydrogens is 326 g/mol. The van der Waals surface area contributed by atoms with E-state index in [4.69, 9.17) is 4.98 Å². The lowest BCUT2D eigenvalue weighted by atomic mass is 10.3. The fourth-order valence-corrected chi connectivity index (χ4v) is 3.33. The highest BCUT2D eigenvalue weighted by Crippen LogP contribution is 2.22. The van der Waals surface area contributed by atoms with Gasteiger partial charge in [-0.15, -0.1) is 0 Å². The van der Waals surface area contributed by atoms with Crippen molar-refractivity contribution < 1.29 is 0 Å². The van der Waals surface area contributed by atoms with Crippen LogP contribution in [0.15, 0.2) is 24.5 Å². The van der Waals surface area contributed by atoms with Crippen molar-refractivity contribution >= 4 is 17.6 Å². The lowest BCUT2D eigenvalue weighted by molar-refractivity contribution is 0.632. The number of nitrogens with zero attached hydrogens (tertiary/aromatic N) is 7. The van der Waals surface area contributed by atoms with Gasteiger partial charge in [0.05, 0.1) is 0 Å². The van der Waals surface area contributed by atoms with E-state index >= 15 is 0 Å². The monoisotopic (exact) mass is 355 g/mol. The molecule has 0 aromatic carbocycles. The standard InChI is InChI=1S/C19H29N7/c1-4-9-24(10-5-2)17-15-18(23-16(3)22-17)25-11-13-26(14-12-25)19-20-7-6-8-21-19/h6-8,15H,4-5,9-14H2,1-3H3. The molecule has 0 atom stereocenters. The third-order valence-electron chi connectivity index (χ3n) is 4.56. The second kappa shape index (κ2) is 8.78. The average Bonchev–Trinajstić information content (AvgIpc) is 2.68. The van der Waals surface area contributed by atoms with E-state index in [0.717, 1.165) is 75.5 Å². The van der Waals surface area contributed by atoms with E-state index in [9.17, 15) is 0 Å². The predicted molar refractivity (Wildman–Crippen MR) is 106 cm³/mol. The zero-order valence-corrected chi connectivity index (χ0v) is 16.1. The molecule has 140 valence electrons. The number of hydrogen-bond acceptors (Lipinski definition) is 7. The number of hydrogen-bond donors (Lipinski definition) is 0. The lowest BCUT2D eigenvalue weighted by Crippen LogP contribution is -2.47. The number of aryl methyl sites for hydroxylation is 1. The van der Waals surface area contributed by atoms with Crippen molar-refractivity contribution in [3.8, 4) is 0 Å². The number of anilines is 3. The van der Waals surface area contributed by atoms with Crippen molar-refractivity contribution in [1.29, 1.82) is 0 Å². The van der Waals surface area contributed by atoms with Crippen LogP contribution in [0, 0.1) is 6.92 Å². The van der Waals surface area contributed by atoms with Crippen LogP contribution >= 0.6 is 0 Å². The number of rotatable bonds is 7. The van der Waals surface area contributed by atoms with E-state index in [1.165, 1.54) is 0 Å². The molecule has 0 saturated carbocycles. The quantitative estimate of drug-likeness (QED) is 0.756. The van der Waals surface area contributed by atoms with Crippen LogP contribution in [0.2, 0.25) is 0 Å². The van der Waals surface area contributed by atoms with Crippen LogP contribution in [0.3, 0.4) is 0 Å². The van der Waals surface area contributed by atoms with E-state index in [-0.39, 0.29) is 0 Å². The molecule has 0 unspecified atom stereocenters. The second-order valence-corrected chi connectivity index (χ2v) is 6.64. The summed E-state index contributed by atoms with van der Waals surface area (Å²) in [7, 11) is 0. The van der Waals surface area contributed by atoms with Crippen LogP contribution in [0.25, 0.3) is 0 Å². The van der Waals surface area contributed by atoms with Crippen molar-refractivity contribution in [1.82, 2.24) is 19.9 Å². The van der Waals surface area contributed by atoms with Crippen LogP contribution in [0.5, 0.6) is 0 Å². The summed E-state index contributed by atoms with van der Waals surface area (Å²) in [5.41, 5.74) is 0. The molecule has 2 aromatic heterocycles. The maximum absolute atomic E-state index is 4.70. The van der Waals surface area contributed by atoms with Crippen LogP contribution in [0.1, 0.15) is 32.5 Å². The summed E-state index contributed by atoms with van der Waals surface area (Å²) in [5.74, 6) is 3.72. The van der Waals surface area contributed by atoms with Gasteiger partial charge in [-0.1, -0.05) is 13.8 Å². The van der Waals surface area contributed by atoms with Gasteiger partial charge in [0.1, 0.15) is 17.5 Å². The summed E-state index contributed by atoms with van der Waals surface area (Å²) in [5, 5.41) is 0. The highest BCUT2D eigenvalue weighted by atomic mass is 15.3. The Balaban J connectivity index is 1.72. The topological polar surface area (TPSA) is 61.3 Å². The minimum Gasteiger partial charge on any atom is -0.356 e. The highest BCUT2D eigenvalue weighted by molar-refractivity contribution is 5.52. The molecule has 26 heavy (non-hydrogen) atoms. The molecule has 1 saturated heterocycles. The van der Waals surface area contributed by atoms with Crippen molar-refractivity contribution in [2.45, 2.75) is 33.6 Å². The van der Waals surface area contributed by atoms with E-state index in [2.05, 4.69) is 49.6 Å². The van der Waals surface area contributed by atoms with E-state index in [1.807, 2.05) is 13.0 Å². The molecule has 7 nitrogen and oxygen atoms in total. The SMILES string of the molecule is CCCN(CCC)c1cc(N2CCN(c3ncccn3)CC2)nc(C)n1. The Morgan fingerprint density at radius 2 is 1.54 bits per heavy atom. The summed E-state index contributed by atoms with van der Waals surface area (Å²) in [6.07, 6.45) is 5.83. The first-order chi connectivity index (χ1) is 12.7. The van der Waals surface area contributed by atoms with Crippen molar-refractivity contribution in [3.63, 3.8) is 0 Å². The lowest BCUT2D eigenvalue weighted by Gasteiger charge is -2.35. The molecule has 0 amide bonds. The first kappa shape index (κ1) is 18.4. The largest absolute Gasteiger partial charge is 0.356 e. The Labute approximate surface area is 156 Å². The van der Waals surface area contributed by atoms with E-state index < -0.39 is 0 Å². The molecule has 0 N–H and O–H groups in total. The summed E-state index contributed by atoms with van der Waals surface area (Å²) in [6, 6.07) is 4.00. The van der Waals surface area contributed by atoms with Crippen molar-refractivity contribution in [2.24, 2.45) is 0 Å². The zero-order chi connectivity index (χ0) is 18.4. The molecule has 0 spiro atoms. The van der Waals surface area contributed by atoms with Gasteiger partial charge < -0.3 is 14.7 Å². The van der Waals surface area contributed by atoms with Gasteiger partial charge in [0.25, 0.3) is 0 Å². The molecule has 7 heteroatoms. The maximum atomic E-state index is 4.70. The molecule has 3 rings (SSSR count). The third-order valence-corrected chi connectivity index (χ3v) is 4.56. The first-order valence-electron chi connectivity index (χ1n) is 9.58. The molecule has 0 bridgehead atoms. The van der Waals surface area contributed by atoms with Gasteiger partial charge in [-0.2, -0.15) is 0 Å². The van der Waals surface area contributed by atoms with E-state index in [1.54, 1.807) is 12.4 Å². The summed E-state index contributed by atoms with van der Waals surface area (Å²) in [6.45, 7) is 12.1. The maximum Gasteiger partial charge on any atom is 0.225 e. The normalized spacial score (nSPS) is 14.6. The minimum atomic E-state index is 0.809. The zero-order valence-electron chi connectivity index (χ0n) is 16.1. The second-order valence-electron chi connectivity index (χ2n) is 6.64. The van der Waals surface area contributed by atoms with Gasteiger partial charge in [0, 0.05) is 57.7 Å². The fourth-order valence-electron chi connectivity index (χ4n) is 3.33. The van der Waals surface area contributed by atoms with Crippen molar-refractivity contribution in [3.05, 3.63) is 30.4 Å². The van der Waals surface area contributed by atoms with Gasteiger partial charge in [-0.3, -0.25) is 0 Å². The van der Waals surface area contributed by atoms with Gasteiger partial charge >= 0.3 is 0 Å². The Kier molecular flexibility index (Phi) is 6.20. The fraction of sp³-hybridized carbons (Fsp3) is 0.579. The Morgan fingerprint density at radius 3 is 2.15 bits per heavy atom. The molecule has 0 radical (unpaired) electrons. The third kappa shape index (κ3) is 4.39. The Hall–Kier alpha value is -2.44. The van der Waals surface area contributed by atoms with Crippen molar-refractivity contribution in [2.75, 3.05) is 54.0 Å². The Bertz CT molecular complexity index is 678. The van der Waals surface area contributed by atoms with Gasteiger partial charge in [0.2, 0.25) is 5.95 Å². The van der Waals surface area contributed by atoms with Crippen LogP contribution in [-0.4, -0.2) is 59.2 Å². The van der Waals surface area contributed by atoms with E-state index in [0.29, 0.717) is 0 Å².